The van der Waals surface area contributed by atoms with E-state index in [1.807, 2.05) is 6.92 Å². The Morgan fingerprint density at radius 1 is 0.606 bits per heavy atom. The number of carbonyl (C=O) groups is 1. The molecule has 4 heterocycles. The number of hydrogen-bond donors (Lipinski definition) is 13. The lowest BCUT2D eigenvalue weighted by Crippen LogP contribution is -2.67. The lowest BCUT2D eigenvalue weighted by molar-refractivity contribution is -0.398. The van der Waals surface area contributed by atoms with Gasteiger partial charge in [0.1, 0.15) is 91.6 Å². The van der Waals surface area contributed by atoms with Crippen molar-refractivity contribution < 1.29 is 109 Å². The highest BCUT2D eigenvalue weighted by atomic mass is 16.8. The summed E-state index contributed by atoms with van der Waals surface area (Å²) < 4.78 is 48.4. The predicted molar refractivity (Wildman–Crippen MR) is 218 cm³/mol. The summed E-state index contributed by atoms with van der Waals surface area (Å²) in [6, 6.07) is 0. The normalized spacial score (nSPS) is 55.2. The van der Waals surface area contributed by atoms with Crippen LogP contribution in [0.5, 0.6) is 0 Å². The number of rotatable bonds is 11. The van der Waals surface area contributed by atoms with Gasteiger partial charge in [-0.2, -0.15) is 0 Å². The molecule has 4 saturated carbocycles. The van der Waals surface area contributed by atoms with Crippen molar-refractivity contribution in [2.45, 2.75) is 207 Å². The summed E-state index contributed by atoms with van der Waals surface area (Å²) in [7, 11) is 0. The predicted octanol–water partition coefficient (Wildman–Crippen LogP) is -4.09. The fourth-order valence-corrected chi connectivity index (χ4v) is 13.4. The van der Waals surface area contributed by atoms with Crippen LogP contribution in [-0.2, 0) is 42.7 Å². The molecule has 1 unspecified atom stereocenters. The maximum Gasteiger partial charge on any atom is 0.314 e. The van der Waals surface area contributed by atoms with Crippen LogP contribution >= 0.6 is 0 Å². The number of aliphatic hydroxyl groups excluding tert-OH is 13. The molecule has 26 atom stereocenters. The smallest absolute Gasteiger partial charge is 0.314 e. The third kappa shape index (κ3) is 8.30. The van der Waals surface area contributed by atoms with Crippen molar-refractivity contribution in [3.8, 4) is 0 Å². The fourth-order valence-electron chi connectivity index (χ4n) is 13.4. The molecule has 2 bridgehead atoms. The Bertz CT molecular complexity index is 1740. The molecule has 1 spiro atoms. The van der Waals surface area contributed by atoms with Crippen LogP contribution < -0.4 is 0 Å². The number of carbonyl (C=O) groups excluding carboxylic acids is 1. The van der Waals surface area contributed by atoms with Crippen LogP contribution in [-0.4, -0.2) is 221 Å². The van der Waals surface area contributed by atoms with Crippen LogP contribution in [0.2, 0.25) is 0 Å². The molecule has 0 amide bonds. The minimum absolute atomic E-state index is 0.0493. The zero-order valence-corrected chi connectivity index (χ0v) is 37.4. The molecule has 22 heteroatoms. The van der Waals surface area contributed by atoms with Gasteiger partial charge in [0.25, 0.3) is 0 Å². The van der Waals surface area contributed by atoms with Gasteiger partial charge in [-0.15, -0.1) is 0 Å². The van der Waals surface area contributed by atoms with Crippen LogP contribution in [0.4, 0.5) is 0 Å². The Balaban J connectivity index is 1.06. The van der Waals surface area contributed by atoms with Gasteiger partial charge in [-0.05, 0) is 93.5 Å². The molecule has 0 aromatic heterocycles. The third-order valence-electron chi connectivity index (χ3n) is 17.0. The van der Waals surface area contributed by atoms with Gasteiger partial charge in [0, 0.05) is 0 Å². The minimum Gasteiger partial charge on any atom is -0.432 e. The fraction of sp³-hybridized carbons (Fsp3) is 0.932. The lowest BCUT2D eigenvalue weighted by Gasteiger charge is -2.64. The van der Waals surface area contributed by atoms with Crippen molar-refractivity contribution in [2.75, 3.05) is 19.8 Å². The molecular formula is C44H70O22. The number of hydrogen-bond acceptors (Lipinski definition) is 22. The Kier molecular flexibility index (Phi) is 14.5. The summed E-state index contributed by atoms with van der Waals surface area (Å²) >= 11 is 0. The van der Waals surface area contributed by atoms with Crippen molar-refractivity contribution in [1.82, 2.24) is 0 Å². The van der Waals surface area contributed by atoms with Gasteiger partial charge in [0.15, 0.2) is 18.9 Å². The number of fused-ring (bicyclic) bond motifs is 3. The standard InChI is InChI=1S/C44H70O22/c1-17-12-43-10-6-22-41(3,8-5-9-42(22,4)40(58)65-38-33(57)30(54)26(50)20(14-46)61-38)23(43)7-11-44(17,16-43)66-39-35(64-36-31(55)28(52)24(48)18(2)59-36)34(27(51)21(15-47)62-39)63-37-32(56)29(53)25(49)19(13-45)60-37/h18-39,45-57H,1,5-16H2,2-4H3/t18-,19-,20-,21-,22-,23-,24-,25-,26-,27-,28+,29+,30+,31-,32-,33-,34+,35-,36+,37+,38+,39+,41+,42?,43+,44+/m1/s1. The SMILES string of the molecule is C=C1C[C@]23CC[C@H]4C(C)(C(=O)O[C@@H]5O[C@H](CO)[C@@H](O)[C@H](O)[C@H]5O)CCC[C@]4(C)[C@H]2CC[C@]1(O[C@@H]1O[C@H](CO)[C@@H](O)[C@H](O[C@@H]2O[C@H](CO)[C@@H](O)[C@H](O)[C@H]2O)[C@H]1O[C@@H]1O[C@H](C)[C@@H](O)[C@H](O)[C@H]1O)C3. The van der Waals surface area contributed by atoms with Gasteiger partial charge in [-0.3, -0.25) is 4.79 Å². The van der Waals surface area contributed by atoms with E-state index in [4.69, 9.17) is 37.9 Å². The monoisotopic (exact) mass is 950 g/mol. The van der Waals surface area contributed by atoms with Gasteiger partial charge >= 0.3 is 5.97 Å². The molecule has 378 valence electrons. The highest BCUT2D eigenvalue weighted by molar-refractivity contribution is 5.77. The molecular weight excluding hydrogens is 880 g/mol. The summed E-state index contributed by atoms with van der Waals surface area (Å²) in [5.74, 6) is -0.750. The molecule has 8 fully saturated rings. The Morgan fingerprint density at radius 2 is 1.12 bits per heavy atom. The molecule has 66 heavy (non-hydrogen) atoms. The second-order valence-corrected chi connectivity index (χ2v) is 20.8. The van der Waals surface area contributed by atoms with E-state index in [0.717, 1.165) is 12.0 Å². The van der Waals surface area contributed by atoms with Gasteiger partial charge in [-0.25, -0.2) is 0 Å². The van der Waals surface area contributed by atoms with Crippen molar-refractivity contribution in [3.05, 3.63) is 12.2 Å². The molecule has 13 N–H and O–H groups in total. The molecule has 0 aromatic rings. The van der Waals surface area contributed by atoms with Gasteiger partial charge < -0.3 is 104 Å². The van der Waals surface area contributed by atoms with E-state index in [0.29, 0.717) is 51.4 Å². The summed E-state index contributed by atoms with van der Waals surface area (Å²) in [6.45, 7) is 7.77. The Morgan fingerprint density at radius 3 is 1.74 bits per heavy atom. The molecule has 4 saturated heterocycles. The summed E-state index contributed by atoms with van der Waals surface area (Å²) in [5.41, 5.74) is -2.19. The van der Waals surface area contributed by atoms with Crippen molar-refractivity contribution in [1.29, 1.82) is 0 Å². The third-order valence-corrected chi connectivity index (χ3v) is 17.0. The summed E-state index contributed by atoms with van der Waals surface area (Å²) in [6.07, 6.45) is -27.4. The average molecular weight is 951 g/mol. The lowest BCUT2D eigenvalue weighted by atomic mass is 9.41. The number of esters is 1. The van der Waals surface area contributed by atoms with Crippen molar-refractivity contribution in [3.63, 3.8) is 0 Å². The molecule has 0 aromatic carbocycles. The summed E-state index contributed by atoms with van der Waals surface area (Å²) in [4.78, 5) is 14.3. The first kappa shape index (κ1) is 50.8. The highest BCUT2D eigenvalue weighted by Crippen LogP contribution is 2.73. The second-order valence-electron chi connectivity index (χ2n) is 20.8. The van der Waals surface area contributed by atoms with E-state index in [2.05, 4.69) is 13.5 Å². The van der Waals surface area contributed by atoms with Gasteiger partial charge in [-0.1, -0.05) is 19.9 Å². The number of aliphatic hydroxyl groups is 13. The maximum atomic E-state index is 14.3. The zero-order chi connectivity index (χ0) is 48.0. The first-order chi connectivity index (χ1) is 31.1. The molecule has 4 aliphatic carbocycles. The topological polar surface area (TPSA) is 354 Å². The average Bonchev–Trinajstić information content (AvgIpc) is 3.48. The van der Waals surface area contributed by atoms with E-state index < -0.39 is 165 Å². The maximum absolute atomic E-state index is 14.3. The van der Waals surface area contributed by atoms with E-state index in [1.165, 1.54) is 6.92 Å². The van der Waals surface area contributed by atoms with Crippen LogP contribution in [0.25, 0.3) is 0 Å². The van der Waals surface area contributed by atoms with Crippen molar-refractivity contribution >= 4 is 5.97 Å². The molecule has 0 radical (unpaired) electrons. The molecule has 22 nitrogen and oxygen atoms in total. The van der Waals surface area contributed by atoms with Gasteiger partial charge in [0.2, 0.25) is 6.29 Å². The van der Waals surface area contributed by atoms with E-state index in [-0.39, 0.29) is 17.3 Å². The van der Waals surface area contributed by atoms with E-state index >= 15 is 0 Å². The summed E-state index contributed by atoms with van der Waals surface area (Å²) in [5, 5.41) is 137. The highest BCUT2D eigenvalue weighted by Gasteiger charge is 2.70. The van der Waals surface area contributed by atoms with Crippen LogP contribution in [0, 0.1) is 28.1 Å². The minimum atomic E-state index is -1.92. The molecule has 8 aliphatic rings. The van der Waals surface area contributed by atoms with Crippen LogP contribution in [0.1, 0.15) is 78.6 Å². The van der Waals surface area contributed by atoms with Crippen LogP contribution in [0.15, 0.2) is 12.2 Å². The number of ether oxygens (including phenoxy) is 8. The Hall–Kier alpha value is -1.59. The molecule has 4 aliphatic heterocycles. The second kappa shape index (κ2) is 18.9. The Labute approximate surface area is 381 Å². The first-order valence-electron chi connectivity index (χ1n) is 23.2. The van der Waals surface area contributed by atoms with E-state index in [9.17, 15) is 71.2 Å². The molecule has 8 rings (SSSR count). The van der Waals surface area contributed by atoms with E-state index in [1.54, 1.807) is 0 Å². The van der Waals surface area contributed by atoms with Crippen molar-refractivity contribution in [2.24, 2.45) is 28.1 Å². The quantitative estimate of drug-likeness (QED) is 0.0532. The van der Waals surface area contributed by atoms with Crippen LogP contribution in [0.3, 0.4) is 0 Å². The van der Waals surface area contributed by atoms with Gasteiger partial charge in [0.05, 0.1) is 36.9 Å². The first-order valence-corrected chi connectivity index (χ1v) is 23.2. The zero-order valence-electron chi connectivity index (χ0n) is 37.4. The largest absolute Gasteiger partial charge is 0.432 e.